The van der Waals surface area contributed by atoms with Crippen LogP contribution in [0.25, 0.3) is 6.08 Å². The van der Waals surface area contributed by atoms with E-state index in [1.165, 1.54) is 5.56 Å². The van der Waals surface area contributed by atoms with Gasteiger partial charge in [-0.2, -0.15) is 0 Å². The summed E-state index contributed by atoms with van der Waals surface area (Å²) in [6, 6.07) is 15.7. The number of carbonyl (C=O) groups is 1. The van der Waals surface area contributed by atoms with E-state index in [2.05, 4.69) is 29.2 Å². The molecule has 1 aliphatic rings. The zero-order chi connectivity index (χ0) is 19.1. The molecule has 27 heavy (non-hydrogen) atoms. The standard InChI is InChI=1S/C22H24Cl2N2O/c23-20-9-4-10-21(24)19(20)11-12-22(27)26-16-14-25(15-17-26)13-5-8-18-6-2-1-3-7-18/h1-10H,11-17H2/b8-5+. The first-order chi connectivity index (χ1) is 13.1. The van der Waals surface area contributed by atoms with Gasteiger partial charge in [0.25, 0.3) is 0 Å². The summed E-state index contributed by atoms with van der Waals surface area (Å²) in [6.07, 6.45) is 5.35. The lowest BCUT2D eigenvalue weighted by molar-refractivity contribution is -0.132. The summed E-state index contributed by atoms with van der Waals surface area (Å²) in [7, 11) is 0. The molecule has 1 fully saturated rings. The molecule has 2 aromatic rings. The van der Waals surface area contributed by atoms with Crippen molar-refractivity contribution in [1.29, 1.82) is 0 Å². The second-order valence-electron chi connectivity index (χ2n) is 6.69. The highest BCUT2D eigenvalue weighted by Gasteiger charge is 2.20. The molecule has 0 bridgehead atoms. The normalized spacial score (nSPS) is 15.4. The molecule has 1 saturated heterocycles. The Balaban J connectivity index is 1.42. The zero-order valence-corrected chi connectivity index (χ0v) is 16.8. The molecule has 1 heterocycles. The minimum Gasteiger partial charge on any atom is -0.340 e. The van der Waals surface area contributed by atoms with Crippen molar-refractivity contribution in [2.75, 3.05) is 32.7 Å². The molecule has 1 amide bonds. The van der Waals surface area contributed by atoms with Gasteiger partial charge in [0, 0.05) is 49.2 Å². The molecule has 0 radical (unpaired) electrons. The van der Waals surface area contributed by atoms with E-state index in [0.29, 0.717) is 22.9 Å². The first-order valence-electron chi connectivity index (χ1n) is 9.28. The van der Waals surface area contributed by atoms with Crippen molar-refractivity contribution < 1.29 is 4.79 Å². The smallest absolute Gasteiger partial charge is 0.222 e. The maximum Gasteiger partial charge on any atom is 0.222 e. The summed E-state index contributed by atoms with van der Waals surface area (Å²) < 4.78 is 0. The topological polar surface area (TPSA) is 23.6 Å². The molecule has 1 aliphatic heterocycles. The van der Waals surface area contributed by atoms with Gasteiger partial charge < -0.3 is 4.90 Å². The Morgan fingerprint density at radius 3 is 2.26 bits per heavy atom. The van der Waals surface area contributed by atoms with Gasteiger partial charge in [-0.15, -0.1) is 0 Å². The van der Waals surface area contributed by atoms with Gasteiger partial charge in [-0.3, -0.25) is 9.69 Å². The van der Waals surface area contributed by atoms with Gasteiger partial charge in [-0.1, -0.05) is 71.8 Å². The van der Waals surface area contributed by atoms with Gasteiger partial charge in [0.15, 0.2) is 0 Å². The second-order valence-corrected chi connectivity index (χ2v) is 7.51. The van der Waals surface area contributed by atoms with Crippen LogP contribution >= 0.6 is 23.2 Å². The van der Waals surface area contributed by atoms with Gasteiger partial charge >= 0.3 is 0 Å². The van der Waals surface area contributed by atoms with Crippen molar-refractivity contribution in [1.82, 2.24) is 9.80 Å². The van der Waals surface area contributed by atoms with E-state index in [1.54, 1.807) is 0 Å². The molecular formula is C22H24Cl2N2O. The number of nitrogens with zero attached hydrogens (tertiary/aromatic N) is 2. The van der Waals surface area contributed by atoms with E-state index in [1.807, 2.05) is 41.3 Å². The van der Waals surface area contributed by atoms with Crippen molar-refractivity contribution in [3.05, 3.63) is 75.8 Å². The fourth-order valence-corrected chi connectivity index (χ4v) is 3.83. The summed E-state index contributed by atoms with van der Waals surface area (Å²) in [4.78, 5) is 16.8. The van der Waals surface area contributed by atoms with E-state index in [-0.39, 0.29) is 5.91 Å². The van der Waals surface area contributed by atoms with Crippen LogP contribution in [0.1, 0.15) is 17.5 Å². The Hall–Kier alpha value is -1.81. The van der Waals surface area contributed by atoms with Crippen LogP contribution in [0.2, 0.25) is 10.0 Å². The Labute approximate surface area is 171 Å². The number of hydrogen-bond acceptors (Lipinski definition) is 2. The maximum atomic E-state index is 12.5. The van der Waals surface area contributed by atoms with Crippen LogP contribution in [0.5, 0.6) is 0 Å². The fraction of sp³-hybridized carbons (Fsp3) is 0.318. The molecule has 2 aromatic carbocycles. The fourth-order valence-electron chi connectivity index (χ4n) is 3.24. The van der Waals surface area contributed by atoms with Gasteiger partial charge in [-0.05, 0) is 29.7 Å². The van der Waals surface area contributed by atoms with Crippen LogP contribution in [0.4, 0.5) is 0 Å². The minimum atomic E-state index is 0.172. The number of amides is 1. The number of piperazine rings is 1. The Morgan fingerprint density at radius 1 is 0.926 bits per heavy atom. The highest BCUT2D eigenvalue weighted by molar-refractivity contribution is 6.36. The van der Waals surface area contributed by atoms with Gasteiger partial charge in [0.2, 0.25) is 5.91 Å². The van der Waals surface area contributed by atoms with Crippen LogP contribution in [0, 0.1) is 0 Å². The van der Waals surface area contributed by atoms with Crippen molar-refractivity contribution in [2.45, 2.75) is 12.8 Å². The molecule has 0 aliphatic carbocycles. The Morgan fingerprint density at radius 2 is 1.59 bits per heavy atom. The third-order valence-corrected chi connectivity index (χ3v) is 5.56. The molecule has 0 saturated carbocycles. The van der Waals surface area contributed by atoms with E-state index in [0.717, 1.165) is 38.3 Å². The molecule has 0 aromatic heterocycles. The van der Waals surface area contributed by atoms with Crippen molar-refractivity contribution >= 4 is 35.2 Å². The largest absolute Gasteiger partial charge is 0.340 e. The Kier molecular flexibility index (Phi) is 7.33. The quantitative estimate of drug-likeness (QED) is 0.693. The molecule has 3 rings (SSSR count). The molecule has 5 heteroatoms. The van der Waals surface area contributed by atoms with Gasteiger partial charge in [-0.25, -0.2) is 0 Å². The third-order valence-electron chi connectivity index (χ3n) is 4.85. The summed E-state index contributed by atoms with van der Waals surface area (Å²) in [5.41, 5.74) is 2.07. The zero-order valence-electron chi connectivity index (χ0n) is 15.3. The third kappa shape index (κ3) is 5.83. The monoisotopic (exact) mass is 402 g/mol. The minimum absolute atomic E-state index is 0.172. The molecule has 0 spiro atoms. The summed E-state index contributed by atoms with van der Waals surface area (Å²) in [5, 5.41) is 1.26. The maximum absolute atomic E-state index is 12.5. The molecule has 0 unspecified atom stereocenters. The molecule has 0 N–H and O–H groups in total. The van der Waals surface area contributed by atoms with Crippen molar-refractivity contribution in [3.63, 3.8) is 0 Å². The summed E-state index contributed by atoms with van der Waals surface area (Å²) >= 11 is 12.4. The van der Waals surface area contributed by atoms with Crippen LogP contribution < -0.4 is 0 Å². The average molecular weight is 403 g/mol. The highest BCUT2D eigenvalue weighted by Crippen LogP contribution is 2.25. The van der Waals surface area contributed by atoms with Crippen LogP contribution in [0.15, 0.2) is 54.6 Å². The number of benzene rings is 2. The van der Waals surface area contributed by atoms with Crippen molar-refractivity contribution in [2.24, 2.45) is 0 Å². The van der Waals surface area contributed by atoms with E-state index < -0.39 is 0 Å². The Bertz CT molecular complexity index is 764. The van der Waals surface area contributed by atoms with Crippen LogP contribution in [0.3, 0.4) is 0 Å². The second kappa shape index (κ2) is 9.93. The van der Waals surface area contributed by atoms with Crippen molar-refractivity contribution in [3.8, 4) is 0 Å². The highest BCUT2D eigenvalue weighted by atomic mass is 35.5. The van der Waals surface area contributed by atoms with Crippen LogP contribution in [-0.4, -0.2) is 48.4 Å². The SMILES string of the molecule is O=C(CCc1c(Cl)cccc1Cl)N1CCN(C/C=C/c2ccccc2)CC1. The number of hydrogen-bond donors (Lipinski definition) is 0. The number of carbonyl (C=O) groups excluding carboxylic acids is 1. The predicted molar refractivity (Wildman–Crippen MR) is 113 cm³/mol. The lowest BCUT2D eigenvalue weighted by Crippen LogP contribution is -2.48. The first kappa shape index (κ1) is 19.9. The predicted octanol–water partition coefficient (Wildman–Crippen LogP) is 4.78. The molecule has 0 atom stereocenters. The first-order valence-corrected chi connectivity index (χ1v) is 10.0. The lowest BCUT2D eigenvalue weighted by Gasteiger charge is -2.34. The van der Waals surface area contributed by atoms with E-state index >= 15 is 0 Å². The van der Waals surface area contributed by atoms with Gasteiger partial charge in [0.05, 0.1) is 0 Å². The molecular weight excluding hydrogens is 379 g/mol. The molecule has 3 nitrogen and oxygen atoms in total. The number of rotatable bonds is 6. The van der Waals surface area contributed by atoms with Crippen LogP contribution in [-0.2, 0) is 11.2 Å². The van der Waals surface area contributed by atoms with E-state index in [4.69, 9.17) is 23.2 Å². The molecule has 142 valence electrons. The summed E-state index contributed by atoms with van der Waals surface area (Å²) in [5.74, 6) is 0.172. The average Bonchev–Trinajstić information content (AvgIpc) is 2.69. The lowest BCUT2D eigenvalue weighted by atomic mass is 10.1. The number of halogens is 2. The van der Waals surface area contributed by atoms with E-state index in [9.17, 15) is 4.79 Å². The van der Waals surface area contributed by atoms with Gasteiger partial charge in [0.1, 0.15) is 0 Å². The summed E-state index contributed by atoms with van der Waals surface area (Å²) in [6.45, 7) is 4.25.